The van der Waals surface area contributed by atoms with Crippen LogP contribution in [0.1, 0.15) is 29.8 Å². The maximum atomic E-state index is 12.6. The monoisotopic (exact) mass is 348 g/mol. The van der Waals surface area contributed by atoms with Gasteiger partial charge in [-0.05, 0) is 19.4 Å². The molecule has 0 saturated carbocycles. The van der Waals surface area contributed by atoms with Gasteiger partial charge < -0.3 is 0 Å². The van der Waals surface area contributed by atoms with Gasteiger partial charge in [0.05, 0.1) is 13.2 Å². The minimum absolute atomic E-state index is 0.0501. The minimum Gasteiger partial charge on any atom is -0.291 e. The molecule has 0 saturated heterocycles. The van der Waals surface area contributed by atoms with E-state index in [2.05, 4.69) is 8.37 Å². The number of hydrogen-bond acceptors (Lipinski definition) is 7. The summed E-state index contributed by atoms with van der Waals surface area (Å²) in [6.07, 6.45) is -0.521. The number of carbonyl (C=O) groups is 1. The second kappa shape index (κ2) is 5.73. The average molecular weight is 348 g/mol. The second-order valence-electron chi connectivity index (χ2n) is 4.64. The summed E-state index contributed by atoms with van der Waals surface area (Å²) in [7, 11) is -9.46. The number of ketones is 1. The molecule has 9 heteroatoms. The van der Waals surface area contributed by atoms with Crippen molar-refractivity contribution >= 4 is 26.0 Å². The number of benzene rings is 1. The third-order valence-electron chi connectivity index (χ3n) is 3.38. The summed E-state index contributed by atoms with van der Waals surface area (Å²) in [6, 6.07) is 6.04. The molecule has 0 amide bonds. The first kappa shape index (κ1) is 17.1. The Morgan fingerprint density at radius 2 is 1.50 bits per heavy atom. The van der Waals surface area contributed by atoms with E-state index < -0.39 is 36.5 Å². The minimum atomic E-state index is -4.73. The Balaban J connectivity index is 2.74. The Bertz CT molecular complexity index is 757. The summed E-state index contributed by atoms with van der Waals surface area (Å²) in [6.45, 7) is 2.22. The maximum absolute atomic E-state index is 12.6. The first-order chi connectivity index (χ1) is 10.2. The van der Waals surface area contributed by atoms with E-state index in [0.29, 0.717) is 5.56 Å². The molecule has 1 aromatic carbocycles. The highest BCUT2D eigenvalue weighted by Gasteiger charge is 2.66. The van der Waals surface area contributed by atoms with Crippen LogP contribution in [-0.4, -0.2) is 39.9 Å². The molecule has 0 bridgehead atoms. The number of rotatable bonds is 6. The molecule has 0 aliphatic heterocycles. The molecule has 22 heavy (non-hydrogen) atoms. The van der Waals surface area contributed by atoms with Gasteiger partial charge in [-0.1, -0.05) is 24.3 Å². The molecule has 1 aliphatic carbocycles. The number of carbonyl (C=O) groups excluding carboxylic acids is 1. The zero-order valence-corrected chi connectivity index (χ0v) is 13.7. The van der Waals surface area contributed by atoms with Gasteiger partial charge in [-0.15, -0.1) is 0 Å². The zero-order chi connectivity index (χ0) is 16.6. The molecule has 0 fully saturated rings. The summed E-state index contributed by atoms with van der Waals surface area (Å²) >= 11 is 0. The average Bonchev–Trinajstić information content (AvgIpc) is 2.75. The molecular formula is C13H16O7S2. The third-order valence-corrected chi connectivity index (χ3v) is 7.98. The van der Waals surface area contributed by atoms with Gasteiger partial charge in [0.2, 0.25) is 5.78 Å². The highest BCUT2D eigenvalue weighted by Crippen LogP contribution is 2.41. The van der Waals surface area contributed by atoms with E-state index in [1.165, 1.54) is 32.0 Å². The van der Waals surface area contributed by atoms with Crippen molar-refractivity contribution in [2.75, 3.05) is 13.2 Å². The molecule has 7 nitrogen and oxygen atoms in total. The van der Waals surface area contributed by atoms with Crippen LogP contribution in [0.2, 0.25) is 0 Å². The van der Waals surface area contributed by atoms with E-state index in [-0.39, 0.29) is 18.8 Å². The van der Waals surface area contributed by atoms with Crippen LogP contribution >= 0.6 is 0 Å². The van der Waals surface area contributed by atoms with Crippen LogP contribution < -0.4 is 0 Å². The van der Waals surface area contributed by atoms with Crippen molar-refractivity contribution in [2.24, 2.45) is 0 Å². The second-order valence-corrected chi connectivity index (χ2v) is 8.58. The molecule has 0 unspecified atom stereocenters. The Morgan fingerprint density at radius 1 is 1.00 bits per heavy atom. The van der Waals surface area contributed by atoms with Crippen LogP contribution in [0.5, 0.6) is 0 Å². The normalized spacial score (nSPS) is 17.5. The van der Waals surface area contributed by atoms with Crippen LogP contribution in [0.4, 0.5) is 0 Å². The van der Waals surface area contributed by atoms with Crippen molar-refractivity contribution in [3.05, 3.63) is 35.4 Å². The lowest BCUT2D eigenvalue weighted by Gasteiger charge is -2.25. The van der Waals surface area contributed by atoms with E-state index in [0.717, 1.165) is 0 Å². The van der Waals surface area contributed by atoms with Crippen molar-refractivity contribution in [1.29, 1.82) is 0 Å². The van der Waals surface area contributed by atoms with Gasteiger partial charge in [-0.2, -0.15) is 16.8 Å². The molecule has 0 radical (unpaired) electrons. The van der Waals surface area contributed by atoms with Gasteiger partial charge in [0.1, 0.15) is 0 Å². The highest BCUT2D eigenvalue weighted by molar-refractivity contribution is 8.07. The Morgan fingerprint density at radius 3 is 1.95 bits per heavy atom. The van der Waals surface area contributed by atoms with Gasteiger partial charge in [0, 0.05) is 12.0 Å². The Kier molecular flexibility index (Phi) is 4.44. The van der Waals surface area contributed by atoms with Gasteiger partial charge >= 0.3 is 0 Å². The van der Waals surface area contributed by atoms with E-state index in [4.69, 9.17) is 0 Å². The quantitative estimate of drug-likeness (QED) is 0.702. The van der Waals surface area contributed by atoms with Crippen molar-refractivity contribution in [3.8, 4) is 0 Å². The molecule has 1 aromatic rings. The molecule has 0 atom stereocenters. The number of hydrogen-bond donors (Lipinski definition) is 0. The Hall–Kier alpha value is -1.29. The lowest BCUT2D eigenvalue weighted by atomic mass is 10.1. The van der Waals surface area contributed by atoms with Crippen LogP contribution in [0.15, 0.2) is 24.3 Å². The van der Waals surface area contributed by atoms with Crippen molar-refractivity contribution < 1.29 is 30.0 Å². The van der Waals surface area contributed by atoms with E-state index in [1.54, 1.807) is 6.07 Å². The lowest BCUT2D eigenvalue weighted by Crippen LogP contribution is -2.53. The number of fused-ring (bicyclic) bond motifs is 1. The predicted molar refractivity (Wildman–Crippen MR) is 78.3 cm³/mol. The van der Waals surface area contributed by atoms with Gasteiger partial charge in [0.15, 0.2) is 0 Å². The van der Waals surface area contributed by atoms with Crippen molar-refractivity contribution in [3.63, 3.8) is 0 Å². The molecule has 0 heterocycles. The SMILES string of the molecule is CCOS(=O)(=O)C1(S(=O)(=O)OCC)Cc2ccccc2C1=O. The van der Waals surface area contributed by atoms with E-state index in [9.17, 15) is 21.6 Å². The molecule has 2 rings (SSSR count). The lowest BCUT2D eigenvalue weighted by molar-refractivity contribution is 0.0973. The summed E-state index contributed by atoms with van der Waals surface area (Å²) in [4.78, 5) is 12.6. The van der Waals surface area contributed by atoms with Crippen LogP contribution in [0.3, 0.4) is 0 Å². The molecule has 122 valence electrons. The molecule has 1 aliphatic rings. The van der Waals surface area contributed by atoms with Crippen molar-refractivity contribution in [2.45, 2.75) is 24.3 Å². The fourth-order valence-electron chi connectivity index (χ4n) is 2.46. The fourth-order valence-corrected chi connectivity index (χ4v) is 6.09. The number of Topliss-reactive ketones (excluding diaryl/α,β-unsaturated/α-hetero) is 1. The third kappa shape index (κ3) is 2.28. The summed E-state index contributed by atoms with van der Waals surface area (Å²) in [5, 5.41) is 0. The maximum Gasteiger partial charge on any atom is 0.298 e. The summed E-state index contributed by atoms with van der Waals surface area (Å²) < 4.78 is 56.3. The molecule has 0 spiro atoms. The zero-order valence-electron chi connectivity index (χ0n) is 12.1. The molecule has 0 N–H and O–H groups in total. The highest BCUT2D eigenvalue weighted by atomic mass is 32.3. The van der Waals surface area contributed by atoms with Gasteiger partial charge in [0.25, 0.3) is 24.3 Å². The first-order valence-corrected chi connectivity index (χ1v) is 9.45. The predicted octanol–water partition coefficient (Wildman–Crippen LogP) is 0.854. The van der Waals surface area contributed by atoms with Crippen LogP contribution in [0.25, 0.3) is 0 Å². The smallest absolute Gasteiger partial charge is 0.291 e. The Labute approximate surface area is 129 Å². The molecule has 0 aromatic heterocycles. The standard InChI is InChI=1S/C13H16O7S2/c1-3-19-21(15,16)13(22(17,18)20-4-2)9-10-7-5-6-8-11(10)12(13)14/h5-8H,3-4,9H2,1-2H3. The summed E-state index contributed by atoms with van der Waals surface area (Å²) in [5.74, 6) is -1.04. The molecular weight excluding hydrogens is 332 g/mol. The van der Waals surface area contributed by atoms with Crippen molar-refractivity contribution in [1.82, 2.24) is 0 Å². The largest absolute Gasteiger partial charge is 0.298 e. The topological polar surface area (TPSA) is 104 Å². The van der Waals surface area contributed by atoms with Crippen LogP contribution in [-0.2, 0) is 35.0 Å². The fraction of sp³-hybridized carbons (Fsp3) is 0.462. The van der Waals surface area contributed by atoms with E-state index in [1.807, 2.05) is 0 Å². The van der Waals surface area contributed by atoms with Crippen LogP contribution in [0, 0.1) is 0 Å². The van der Waals surface area contributed by atoms with E-state index >= 15 is 0 Å². The van der Waals surface area contributed by atoms with Gasteiger partial charge in [-0.3, -0.25) is 13.2 Å². The van der Waals surface area contributed by atoms with Gasteiger partial charge in [-0.25, -0.2) is 0 Å². The summed E-state index contributed by atoms with van der Waals surface area (Å²) in [5.41, 5.74) is 0.383. The first-order valence-electron chi connectivity index (χ1n) is 6.64.